The smallest absolute Gasteiger partial charge is 0.215 e. The van der Waals surface area contributed by atoms with Gasteiger partial charge < -0.3 is 10.8 Å². The van der Waals surface area contributed by atoms with E-state index in [-0.39, 0.29) is 17.3 Å². The second-order valence-corrected chi connectivity index (χ2v) is 4.86. The molecule has 2 aromatic heterocycles. The fraction of sp³-hybridized carbons (Fsp3) is 0.0667. The quantitative estimate of drug-likeness (QED) is 0.283. The van der Waals surface area contributed by atoms with Crippen molar-refractivity contribution in [2.75, 3.05) is 5.73 Å². The first-order chi connectivity index (χ1) is 11.1. The molecule has 4 N–H and O–H groups in total. The van der Waals surface area contributed by atoms with Crippen LogP contribution in [0.25, 0.3) is 5.76 Å². The lowest BCUT2D eigenvalue weighted by molar-refractivity contribution is 0.104. The summed E-state index contributed by atoms with van der Waals surface area (Å²) >= 11 is 0. The average Bonchev–Trinajstić information content (AvgIpc) is 3.21. The van der Waals surface area contributed by atoms with Crippen molar-refractivity contribution in [2.45, 2.75) is 6.54 Å². The summed E-state index contributed by atoms with van der Waals surface area (Å²) in [5.41, 5.74) is 7.57. The number of benzene rings is 1. The Hall–Kier alpha value is -3.42. The van der Waals surface area contributed by atoms with Crippen LogP contribution in [0.15, 0.2) is 48.9 Å². The highest BCUT2D eigenvalue weighted by atomic mass is 16.3. The molecule has 0 radical (unpaired) electrons. The van der Waals surface area contributed by atoms with Crippen LogP contribution >= 0.6 is 0 Å². The Balaban J connectivity index is 1.72. The maximum absolute atomic E-state index is 12.1. The summed E-state index contributed by atoms with van der Waals surface area (Å²) in [6.07, 6.45) is 4.05. The van der Waals surface area contributed by atoms with Crippen molar-refractivity contribution in [1.82, 2.24) is 25.0 Å². The number of allylic oxidation sites excluding steroid dienone is 1. The molecule has 1 aromatic carbocycles. The van der Waals surface area contributed by atoms with Gasteiger partial charge in [0.1, 0.15) is 12.0 Å². The number of aromatic nitrogens is 5. The predicted octanol–water partition coefficient (Wildman–Crippen LogP) is 1.41. The molecule has 0 bridgehead atoms. The number of rotatable bonds is 5. The molecular weight excluding hydrogens is 296 g/mol. The Kier molecular flexibility index (Phi) is 3.88. The molecule has 23 heavy (non-hydrogen) atoms. The maximum Gasteiger partial charge on any atom is 0.215 e. The van der Waals surface area contributed by atoms with Gasteiger partial charge >= 0.3 is 0 Å². The largest absolute Gasteiger partial charge is 0.504 e. The van der Waals surface area contributed by atoms with Crippen molar-refractivity contribution < 1.29 is 9.90 Å². The zero-order valence-electron chi connectivity index (χ0n) is 12.0. The first kappa shape index (κ1) is 14.5. The lowest BCUT2D eigenvalue weighted by Crippen LogP contribution is -2.04. The maximum atomic E-state index is 12.1. The van der Waals surface area contributed by atoms with Crippen LogP contribution in [0.1, 0.15) is 21.9 Å². The molecule has 116 valence electrons. The number of aliphatic hydroxyl groups is 1. The number of nitrogens with zero attached hydrogens (tertiary/aromatic N) is 4. The Morgan fingerprint density at radius 1 is 1.30 bits per heavy atom. The van der Waals surface area contributed by atoms with E-state index in [1.54, 1.807) is 16.9 Å². The Bertz CT molecular complexity index is 833. The van der Waals surface area contributed by atoms with E-state index in [0.717, 1.165) is 11.6 Å². The van der Waals surface area contributed by atoms with Gasteiger partial charge in [-0.2, -0.15) is 10.2 Å². The molecule has 0 saturated carbocycles. The van der Waals surface area contributed by atoms with Crippen LogP contribution in [-0.4, -0.2) is 35.9 Å². The third-order valence-corrected chi connectivity index (χ3v) is 3.13. The highest BCUT2D eigenvalue weighted by molar-refractivity contribution is 6.06. The van der Waals surface area contributed by atoms with E-state index in [4.69, 9.17) is 5.73 Å². The van der Waals surface area contributed by atoms with Crippen LogP contribution in [-0.2, 0) is 6.54 Å². The first-order valence-electron chi connectivity index (χ1n) is 6.81. The Morgan fingerprint density at radius 3 is 2.78 bits per heavy atom. The number of hydrogen-bond acceptors (Lipinski definition) is 6. The van der Waals surface area contributed by atoms with Crippen molar-refractivity contribution in [3.63, 3.8) is 0 Å². The standard InChI is InChI=1S/C15H14N6O2/c16-11-3-1-10(2-4-11)8-21-6-5-12(20-21)13(22)7-14(23)15-17-9-18-19-15/h1-7,9,23H,8,16H2,(H,17,18,19). The summed E-state index contributed by atoms with van der Waals surface area (Å²) in [6.45, 7) is 0.518. The number of hydrogen-bond donors (Lipinski definition) is 3. The van der Waals surface area contributed by atoms with Gasteiger partial charge in [0.25, 0.3) is 0 Å². The molecule has 0 unspecified atom stereocenters. The van der Waals surface area contributed by atoms with Gasteiger partial charge in [0.05, 0.1) is 6.54 Å². The highest BCUT2D eigenvalue weighted by Gasteiger charge is 2.11. The molecule has 0 spiro atoms. The summed E-state index contributed by atoms with van der Waals surface area (Å²) in [4.78, 5) is 15.8. The van der Waals surface area contributed by atoms with Crippen LogP contribution in [0.4, 0.5) is 5.69 Å². The van der Waals surface area contributed by atoms with Crippen molar-refractivity contribution in [3.05, 3.63) is 66.0 Å². The third-order valence-electron chi connectivity index (χ3n) is 3.13. The second kappa shape index (κ2) is 6.14. The van der Waals surface area contributed by atoms with Gasteiger partial charge in [-0.05, 0) is 23.8 Å². The molecule has 8 nitrogen and oxygen atoms in total. The number of nitrogens with two attached hydrogens (primary N) is 1. The minimum absolute atomic E-state index is 0.0552. The number of carbonyl (C=O) groups is 1. The van der Waals surface area contributed by atoms with Crippen LogP contribution in [0.3, 0.4) is 0 Å². The number of ketones is 1. The zero-order valence-corrected chi connectivity index (χ0v) is 12.0. The number of aromatic amines is 1. The second-order valence-electron chi connectivity index (χ2n) is 4.86. The molecule has 0 aliphatic rings. The summed E-state index contributed by atoms with van der Waals surface area (Å²) in [7, 11) is 0. The lowest BCUT2D eigenvalue weighted by atomic mass is 10.2. The molecule has 0 fully saturated rings. The van der Waals surface area contributed by atoms with Crippen LogP contribution in [0.5, 0.6) is 0 Å². The molecular formula is C15H14N6O2. The van der Waals surface area contributed by atoms with Crippen molar-refractivity contribution >= 4 is 17.2 Å². The minimum Gasteiger partial charge on any atom is -0.504 e. The van der Waals surface area contributed by atoms with Gasteiger partial charge in [-0.3, -0.25) is 14.6 Å². The number of carbonyl (C=O) groups excluding carboxylic acids is 1. The number of nitrogens with one attached hydrogen (secondary N) is 1. The summed E-state index contributed by atoms with van der Waals surface area (Å²) in [5, 5.41) is 20.1. The summed E-state index contributed by atoms with van der Waals surface area (Å²) in [6, 6.07) is 8.99. The van der Waals surface area contributed by atoms with Crippen LogP contribution < -0.4 is 5.73 Å². The number of anilines is 1. The molecule has 0 aliphatic carbocycles. The molecule has 0 amide bonds. The highest BCUT2D eigenvalue weighted by Crippen LogP contribution is 2.09. The molecule has 0 saturated heterocycles. The SMILES string of the molecule is Nc1ccc(Cn2ccc(C(=O)C=C(O)c3nc[nH]n3)n2)cc1. The van der Waals surface area contributed by atoms with E-state index in [9.17, 15) is 9.90 Å². The fourth-order valence-electron chi connectivity index (χ4n) is 1.99. The van der Waals surface area contributed by atoms with Crippen molar-refractivity contribution in [1.29, 1.82) is 0 Å². The predicted molar refractivity (Wildman–Crippen MR) is 83.5 cm³/mol. The summed E-state index contributed by atoms with van der Waals surface area (Å²) < 4.78 is 1.64. The monoisotopic (exact) mass is 310 g/mol. The summed E-state index contributed by atoms with van der Waals surface area (Å²) in [5.74, 6) is -0.688. The van der Waals surface area contributed by atoms with Gasteiger partial charge in [0.15, 0.2) is 5.76 Å². The molecule has 8 heteroatoms. The van der Waals surface area contributed by atoms with E-state index >= 15 is 0 Å². The molecule has 0 atom stereocenters. The van der Waals surface area contributed by atoms with E-state index in [2.05, 4.69) is 20.3 Å². The van der Waals surface area contributed by atoms with Crippen LogP contribution in [0.2, 0.25) is 0 Å². The Labute approximate surface area is 131 Å². The van der Waals surface area contributed by atoms with Crippen molar-refractivity contribution in [3.8, 4) is 0 Å². The van der Waals surface area contributed by atoms with Gasteiger partial charge in [-0.25, -0.2) is 4.98 Å². The van der Waals surface area contributed by atoms with Gasteiger partial charge in [0.2, 0.25) is 11.6 Å². The van der Waals surface area contributed by atoms with E-state index in [1.165, 1.54) is 6.33 Å². The number of aliphatic hydroxyl groups excluding tert-OH is 1. The van der Waals surface area contributed by atoms with Crippen molar-refractivity contribution in [2.24, 2.45) is 0 Å². The number of H-pyrrole nitrogens is 1. The van der Waals surface area contributed by atoms with Gasteiger partial charge in [-0.1, -0.05) is 12.1 Å². The molecule has 3 aromatic rings. The topological polar surface area (TPSA) is 123 Å². The van der Waals surface area contributed by atoms with E-state index in [1.807, 2.05) is 24.3 Å². The fourth-order valence-corrected chi connectivity index (χ4v) is 1.99. The molecule has 2 heterocycles. The molecule has 3 rings (SSSR count). The zero-order chi connectivity index (χ0) is 16.2. The molecule has 0 aliphatic heterocycles. The number of nitrogen functional groups attached to an aromatic ring is 1. The van der Waals surface area contributed by atoms with Gasteiger partial charge in [0, 0.05) is 18.0 Å². The minimum atomic E-state index is -0.427. The first-order valence-corrected chi connectivity index (χ1v) is 6.81. The van der Waals surface area contributed by atoms with E-state index in [0.29, 0.717) is 12.2 Å². The van der Waals surface area contributed by atoms with Crippen LogP contribution in [0, 0.1) is 0 Å². The Morgan fingerprint density at radius 2 is 2.09 bits per heavy atom. The third kappa shape index (κ3) is 3.43. The van der Waals surface area contributed by atoms with Gasteiger partial charge in [-0.15, -0.1) is 0 Å². The van der Waals surface area contributed by atoms with E-state index < -0.39 is 5.78 Å². The lowest BCUT2D eigenvalue weighted by Gasteiger charge is -2.02. The average molecular weight is 310 g/mol. The normalized spacial score (nSPS) is 11.6.